The molecule has 6 nitrogen and oxygen atoms in total. The lowest BCUT2D eigenvalue weighted by Crippen LogP contribution is -2.39. The van der Waals surface area contributed by atoms with Crippen molar-refractivity contribution in [1.29, 1.82) is 0 Å². The van der Waals surface area contributed by atoms with E-state index >= 15 is 0 Å². The summed E-state index contributed by atoms with van der Waals surface area (Å²) < 4.78 is 15.6. The first-order chi connectivity index (χ1) is 19.7. The summed E-state index contributed by atoms with van der Waals surface area (Å²) in [5.41, 5.74) is 5.88. The van der Waals surface area contributed by atoms with Crippen molar-refractivity contribution in [3.05, 3.63) is 127 Å². The van der Waals surface area contributed by atoms with Gasteiger partial charge in [0.05, 0.1) is 35.6 Å². The summed E-state index contributed by atoms with van der Waals surface area (Å²) in [7, 11) is 0. The molecule has 1 aliphatic heterocycles. The van der Waals surface area contributed by atoms with Crippen LogP contribution in [-0.2, 0) is 16.1 Å². The van der Waals surface area contributed by atoms with Gasteiger partial charge in [0, 0.05) is 0 Å². The molecular formula is C32H28I2N2O4S. The summed E-state index contributed by atoms with van der Waals surface area (Å²) in [4.78, 5) is 32.2. The van der Waals surface area contributed by atoms with E-state index in [0.29, 0.717) is 27.2 Å². The molecule has 4 aromatic rings. The predicted molar refractivity (Wildman–Crippen MR) is 179 cm³/mol. The number of ether oxygens (including phenoxy) is 2. The zero-order chi connectivity index (χ0) is 29.3. The first kappa shape index (κ1) is 29.7. The van der Waals surface area contributed by atoms with Crippen LogP contribution in [0.1, 0.15) is 47.7 Å². The Labute approximate surface area is 269 Å². The van der Waals surface area contributed by atoms with Crippen LogP contribution in [-0.4, -0.2) is 17.1 Å². The Bertz CT molecular complexity index is 1820. The van der Waals surface area contributed by atoms with Crippen molar-refractivity contribution in [2.24, 2.45) is 4.99 Å². The average molecular weight is 790 g/mol. The van der Waals surface area contributed by atoms with Crippen LogP contribution < -0.4 is 19.6 Å². The molecule has 0 radical (unpaired) electrons. The third-order valence-electron chi connectivity index (χ3n) is 6.73. The molecule has 0 amide bonds. The minimum atomic E-state index is -0.620. The minimum Gasteiger partial charge on any atom is -0.487 e. The first-order valence-electron chi connectivity index (χ1n) is 13.1. The zero-order valence-corrected chi connectivity index (χ0v) is 28.2. The molecule has 41 heavy (non-hydrogen) atoms. The molecule has 1 atom stereocenters. The van der Waals surface area contributed by atoms with Gasteiger partial charge in [-0.15, -0.1) is 0 Å². The number of carbonyl (C=O) groups excluding carboxylic acids is 1. The van der Waals surface area contributed by atoms with E-state index in [1.807, 2.05) is 49.4 Å². The summed E-state index contributed by atoms with van der Waals surface area (Å²) in [6.45, 7) is 8.35. The van der Waals surface area contributed by atoms with Crippen molar-refractivity contribution in [3.63, 3.8) is 0 Å². The quantitative estimate of drug-likeness (QED) is 0.165. The highest BCUT2D eigenvalue weighted by Gasteiger charge is 2.33. The topological polar surface area (TPSA) is 69.9 Å². The van der Waals surface area contributed by atoms with Crippen LogP contribution in [0.2, 0.25) is 0 Å². The zero-order valence-electron chi connectivity index (χ0n) is 23.0. The smallest absolute Gasteiger partial charge is 0.338 e. The third kappa shape index (κ3) is 6.36. The van der Waals surface area contributed by atoms with Gasteiger partial charge in [0.1, 0.15) is 12.4 Å². The molecular weight excluding hydrogens is 762 g/mol. The maximum absolute atomic E-state index is 13.9. The number of rotatable bonds is 7. The molecule has 0 saturated heterocycles. The van der Waals surface area contributed by atoms with Gasteiger partial charge >= 0.3 is 5.97 Å². The van der Waals surface area contributed by atoms with Crippen LogP contribution in [0.5, 0.6) is 5.75 Å². The lowest BCUT2D eigenvalue weighted by atomic mass is 9.95. The summed E-state index contributed by atoms with van der Waals surface area (Å²) in [5, 5.41) is 0. The molecule has 0 fully saturated rings. The van der Waals surface area contributed by atoms with Gasteiger partial charge < -0.3 is 9.47 Å². The number of hydrogen-bond donors (Lipinski definition) is 0. The molecule has 3 aromatic carbocycles. The predicted octanol–water partition coefficient (Wildman–Crippen LogP) is 6.20. The Morgan fingerprint density at radius 3 is 2.22 bits per heavy atom. The van der Waals surface area contributed by atoms with Gasteiger partial charge in [0.15, 0.2) is 4.80 Å². The van der Waals surface area contributed by atoms with Gasteiger partial charge in [-0.25, -0.2) is 9.79 Å². The van der Waals surface area contributed by atoms with Gasteiger partial charge in [-0.2, -0.15) is 0 Å². The normalized spacial score (nSPS) is 15.0. The highest BCUT2D eigenvalue weighted by molar-refractivity contribution is 14.1. The molecule has 0 unspecified atom stereocenters. The number of benzene rings is 3. The molecule has 1 aromatic heterocycles. The maximum atomic E-state index is 13.9. The van der Waals surface area contributed by atoms with Crippen molar-refractivity contribution in [3.8, 4) is 5.75 Å². The average Bonchev–Trinajstić information content (AvgIpc) is 3.23. The summed E-state index contributed by atoms with van der Waals surface area (Å²) in [6.07, 6.45) is 1.88. The molecule has 0 aliphatic carbocycles. The van der Waals surface area contributed by atoms with Gasteiger partial charge in [0.2, 0.25) is 0 Å². The van der Waals surface area contributed by atoms with E-state index in [4.69, 9.17) is 9.47 Å². The van der Waals surface area contributed by atoms with E-state index < -0.39 is 12.0 Å². The third-order valence-corrected chi connectivity index (χ3v) is 9.32. The van der Waals surface area contributed by atoms with Crippen LogP contribution in [0.3, 0.4) is 0 Å². The van der Waals surface area contributed by atoms with Gasteiger partial charge in [0.25, 0.3) is 5.56 Å². The lowest BCUT2D eigenvalue weighted by Gasteiger charge is -2.24. The number of fused-ring (bicyclic) bond motifs is 1. The fourth-order valence-corrected chi connectivity index (χ4v) is 7.82. The summed E-state index contributed by atoms with van der Waals surface area (Å²) in [5.74, 6) is 0.360. The van der Waals surface area contributed by atoms with Gasteiger partial charge in [-0.05, 0) is 108 Å². The van der Waals surface area contributed by atoms with Crippen LogP contribution in [0.15, 0.2) is 81.7 Å². The number of halogens is 2. The van der Waals surface area contributed by atoms with E-state index in [9.17, 15) is 9.59 Å². The molecule has 5 rings (SSSR count). The standard InChI is InChI=1S/C32H28I2N2O4S/c1-5-39-31(38)27-20(4)35-32-36(28(27)23-12-8-19(3)9-13-23)30(37)26(41-32)16-22-14-24(33)29(25(34)15-22)40-17-21-10-6-18(2)7-11-21/h6-16,28H,5,17H2,1-4H3/b26-16+/t28-/m1/s1. The Morgan fingerprint density at radius 2 is 1.61 bits per heavy atom. The number of aromatic nitrogens is 1. The molecule has 210 valence electrons. The number of thiazole rings is 1. The molecule has 9 heteroatoms. The highest BCUT2D eigenvalue weighted by atomic mass is 127. The summed E-state index contributed by atoms with van der Waals surface area (Å²) in [6, 6.07) is 19.6. The number of aryl methyl sites for hydroxylation is 2. The largest absolute Gasteiger partial charge is 0.487 e. The van der Waals surface area contributed by atoms with E-state index in [0.717, 1.165) is 35.1 Å². The number of hydrogen-bond acceptors (Lipinski definition) is 6. The van der Waals surface area contributed by atoms with E-state index in [-0.39, 0.29) is 12.2 Å². The molecule has 1 aliphatic rings. The van der Waals surface area contributed by atoms with E-state index in [2.05, 4.69) is 81.4 Å². The van der Waals surface area contributed by atoms with E-state index in [1.54, 1.807) is 18.4 Å². The number of esters is 1. The Kier molecular flexibility index (Phi) is 9.15. The second-order valence-electron chi connectivity index (χ2n) is 9.80. The lowest BCUT2D eigenvalue weighted by molar-refractivity contribution is -0.139. The number of allylic oxidation sites excluding steroid dienone is 1. The SMILES string of the molecule is CCOC(=O)C1=C(C)N=c2s/c(=C/c3cc(I)c(OCc4ccc(C)cc4)c(I)c3)c(=O)n2[C@@H]1c1ccc(C)cc1. The van der Waals surface area contributed by atoms with Crippen molar-refractivity contribution in [1.82, 2.24) is 4.57 Å². The Morgan fingerprint density at radius 1 is 1.00 bits per heavy atom. The maximum Gasteiger partial charge on any atom is 0.338 e. The van der Waals surface area contributed by atoms with Crippen LogP contribution in [0, 0.1) is 21.0 Å². The van der Waals surface area contributed by atoms with Crippen molar-refractivity contribution < 1.29 is 14.3 Å². The van der Waals surface area contributed by atoms with Crippen molar-refractivity contribution in [2.75, 3.05) is 6.61 Å². The van der Waals surface area contributed by atoms with Crippen molar-refractivity contribution >= 4 is 68.6 Å². The fourth-order valence-electron chi connectivity index (χ4n) is 4.65. The summed E-state index contributed by atoms with van der Waals surface area (Å²) >= 11 is 5.87. The number of nitrogens with zero attached hydrogens (tertiary/aromatic N) is 2. The second-order valence-corrected chi connectivity index (χ2v) is 13.1. The molecule has 2 heterocycles. The number of carbonyl (C=O) groups is 1. The highest BCUT2D eigenvalue weighted by Crippen LogP contribution is 2.32. The Balaban J connectivity index is 1.54. The second kappa shape index (κ2) is 12.6. The van der Waals surface area contributed by atoms with Crippen LogP contribution >= 0.6 is 56.5 Å². The molecule has 0 bridgehead atoms. The van der Waals surface area contributed by atoms with E-state index in [1.165, 1.54) is 16.9 Å². The van der Waals surface area contributed by atoms with Crippen LogP contribution in [0.4, 0.5) is 0 Å². The molecule has 0 spiro atoms. The minimum absolute atomic E-state index is 0.196. The molecule has 0 saturated carbocycles. The monoisotopic (exact) mass is 790 g/mol. The van der Waals surface area contributed by atoms with Gasteiger partial charge in [-0.1, -0.05) is 71.0 Å². The van der Waals surface area contributed by atoms with Crippen molar-refractivity contribution in [2.45, 2.75) is 40.3 Å². The Hall–Kier alpha value is -2.77. The molecule has 0 N–H and O–H groups in total. The fraction of sp³-hybridized carbons (Fsp3) is 0.219. The van der Waals surface area contributed by atoms with Gasteiger partial charge in [-0.3, -0.25) is 9.36 Å². The van der Waals surface area contributed by atoms with Crippen LogP contribution in [0.25, 0.3) is 6.08 Å². The first-order valence-corrected chi connectivity index (χ1v) is 16.1.